The number of aromatic nitrogens is 5. The predicted octanol–water partition coefficient (Wildman–Crippen LogP) is 13.0. The van der Waals surface area contributed by atoms with Crippen LogP contribution in [0.4, 0.5) is 0 Å². The molecule has 4 heterocycles. The topological polar surface area (TPSA) is 61.7 Å². The maximum atomic E-state index is 9.00. The summed E-state index contributed by atoms with van der Waals surface area (Å²) in [5.41, 5.74) is 7.76. The first kappa shape index (κ1) is 26.1. The van der Waals surface area contributed by atoms with Crippen LogP contribution in [0.15, 0.2) is 192 Å². The first-order valence-electron chi connectivity index (χ1n) is 21.6. The molecule has 6 nitrogen and oxygen atoms in total. The minimum Gasteiger partial charge on any atom is -0.456 e. The molecular formula is C51H31N5O. The highest BCUT2D eigenvalue weighted by molar-refractivity contribution is 6.10. The van der Waals surface area contributed by atoms with E-state index in [1.807, 2.05) is 91.0 Å². The minimum absolute atomic E-state index is 0.0354. The van der Waals surface area contributed by atoms with Crippen molar-refractivity contribution in [3.05, 3.63) is 188 Å². The van der Waals surface area contributed by atoms with Gasteiger partial charge in [0.2, 0.25) is 0 Å². The highest BCUT2D eigenvalue weighted by Gasteiger charge is 2.18. The van der Waals surface area contributed by atoms with E-state index in [2.05, 4.69) is 53.1 Å². The summed E-state index contributed by atoms with van der Waals surface area (Å²) in [4.78, 5) is 15.3. The Kier molecular flexibility index (Phi) is 5.64. The number of hydrogen-bond donors (Lipinski definition) is 0. The van der Waals surface area contributed by atoms with Crippen LogP contribution in [0.25, 0.3) is 111 Å². The van der Waals surface area contributed by atoms with Gasteiger partial charge in [0.05, 0.1) is 30.3 Å². The second-order valence-corrected chi connectivity index (χ2v) is 14.0. The lowest BCUT2D eigenvalue weighted by molar-refractivity contribution is 0.669. The van der Waals surface area contributed by atoms with Crippen molar-refractivity contribution in [2.75, 3.05) is 0 Å². The lowest BCUT2D eigenvalue weighted by atomic mass is 10.1. The van der Waals surface area contributed by atoms with Gasteiger partial charge in [0.1, 0.15) is 11.2 Å². The fraction of sp³-hybridized carbons (Fsp3) is 0. The molecule has 0 aliphatic heterocycles. The van der Waals surface area contributed by atoms with Crippen LogP contribution in [0, 0.1) is 0 Å². The summed E-state index contributed by atoms with van der Waals surface area (Å²) in [6.07, 6.45) is 0. The maximum absolute atomic E-state index is 9.00. The van der Waals surface area contributed by atoms with Gasteiger partial charge in [0.15, 0.2) is 17.5 Å². The molecule has 12 rings (SSSR count). The molecule has 0 saturated carbocycles. The van der Waals surface area contributed by atoms with Crippen molar-refractivity contribution in [2.24, 2.45) is 0 Å². The molecule has 0 radical (unpaired) electrons. The number of hydrogen-bond acceptors (Lipinski definition) is 4. The van der Waals surface area contributed by atoms with Crippen LogP contribution in [0.3, 0.4) is 0 Å². The summed E-state index contributed by atoms with van der Waals surface area (Å²) >= 11 is 0. The summed E-state index contributed by atoms with van der Waals surface area (Å²) in [6.45, 7) is 0. The Labute approximate surface area is 335 Å². The summed E-state index contributed by atoms with van der Waals surface area (Å²) in [5.74, 6) is 1.23. The van der Waals surface area contributed by atoms with Gasteiger partial charge in [0, 0.05) is 60.4 Å². The highest BCUT2D eigenvalue weighted by atomic mass is 16.3. The van der Waals surface area contributed by atoms with E-state index in [1.165, 1.54) is 12.1 Å². The summed E-state index contributed by atoms with van der Waals surface area (Å²) < 4.78 is 62.8. The number of fused-ring (bicyclic) bond motifs is 9. The molecule has 4 aromatic heterocycles. The van der Waals surface area contributed by atoms with Gasteiger partial charge < -0.3 is 13.6 Å². The van der Waals surface area contributed by atoms with Crippen molar-refractivity contribution in [1.29, 1.82) is 0 Å². The standard InChI is InChI=1S/C51H31N5O/c1-6-22-43-37(17-1)38-18-2-7-23-44(38)55(43)35-15-11-13-32(29-35)49-52-50(54-51(53-49)34-27-28-42-41-21-5-10-26-47(41)57-48(42)31-34)33-14-12-16-36(30-33)56-45-24-8-3-19-39(45)40-20-4-9-25-46(40)56/h1-31H/i1D,2D,17D,18D,22D,23D. The molecule has 0 unspecified atom stereocenters. The molecule has 0 saturated heterocycles. The lowest BCUT2D eigenvalue weighted by Crippen LogP contribution is -2.02. The van der Waals surface area contributed by atoms with Gasteiger partial charge >= 0.3 is 0 Å². The second-order valence-electron chi connectivity index (χ2n) is 14.0. The van der Waals surface area contributed by atoms with Crippen molar-refractivity contribution in [3.8, 4) is 45.5 Å². The lowest BCUT2D eigenvalue weighted by Gasteiger charge is -2.13. The second kappa shape index (κ2) is 12.3. The fourth-order valence-electron chi connectivity index (χ4n) is 8.17. The monoisotopic (exact) mass is 735 g/mol. The van der Waals surface area contributed by atoms with E-state index in [9.17, 15) is 0 Å². The zero-order valence-corrected chi connectivity index (χ0v) is 30.1. The summed E-state index contributed by atoms with van der Waals surface area (Å²) in [6, 6.07) is 48.0. The number of furan rings is 1. The van der Waals surface area contributed by atoms with Crippen molar-refractivity contribution in [3.63, 3.8) is 0 Å². The Bertz CT molecular complexity index is 3780. The van der Waals surface area contributed by atoms with Crippen LogP contribution < -0.4 is 0 Å². The minimum atomic E-state index is -0.171. The summed E-state index contributed by atoms with van der Waals surface area (Å²) in [7, 11) is 0. The maximum Gasteiger partial charge on any atom is 0.164 e. The number of rotatable bonds is 5. The fourth-order valence-corrected chi connectivity index (χ4v) is 8.17. The van der Waals surface area contributed by atoms with E-state index in [4.69, 9.17) is 27.6 Å². The molecule has 6 heteroatoms. The largest absolute Gasteiger partial charge is 0.456 e. The molecule has 57 heavy (non-hydrogen) atoms. The third kappa shape index (κ3) is 4.94. The van der Waals surface area contributed by atoms with Gasteiger partial charge in [-0.25, -0.2) is 15.0 Å². The molecule has 12 aromatic rings. The van der Waals surface area contributed by atoms with Gasteiger partial charge in [-0.15, -0.1) is 0 Å². The average molecular weight is 736 g/mol. The first-order chi connectivity index (χ1) is 30.7. The Morgan fingerprint density at radius 1 is 0.368 bits per heavy atom. The van der Waals surface area contributed by atoms with Crippen LogP contribution in [0.1, 0.15) is 8.22 Å². The van der Waals surface area contributed by atoms with Crippen molar-refractivity contribution in [1.82, 2.24) is 24.1 Å². The first-order valence-corrected chi connectivity index (χ1v) is 18.6. The molecular weight excluding hydrogens is 699 g/mol. The molecule has 0 atom stereocenters. The average Bonchev–Trinajstić information content (AvgIpc) is 3.99. The van der Waals surface area contributed by atoms with Crippen LogP contribution in [-0.4, -0.2) is 24.1 Å². The normalized spacial score (nSPS) is 13.3. The molecule has 0 aliphatic rings. The van der Waals surface area contributed by atoms with Crippen molar-refractivity contribution >= 4 is 65.6 Å². The van der Waals surface area contributed by atoms with E-state index < -0.39 is 0 Å². The van der Waals surface area contributed by atoms with Crippen LogP contribution in [-0.2, 0) is 0 Å². The van der Waals surface area contributed by atoms with Crippen LogP contribution >= 0.6 is 0 Å². The quantitative estimate of drug-likeness (QED) is 0.177. The number of nitrogens with zero attached hydrogens (tertiary/aromatic N) is 5. The predicted molar refractivity (Wildman–Crippen MR) is 232 cm³/mol. The third-order valence-electron chi connectivity index (χ3n) is 10.7. The third-order valence-corrected chi connectivity index (χ3v) is 10.7. The van der Waals surface area contributed by atoms with Gasteiger partial charge in [-0.2, -0.15) is 0 Å². The molecule has 0 bridgehead atoms. The van der Waals surface area contributed by atoms with Gasteiger partial charge in [-0.3, -0.25) is 0 Å². The van der Waals surface area contributed by atoms with Crippen molar-refractivity contribution in [2.45, 2.75) is 0 Å². The van der Waals surface area contributed by atoms with E-state index >= 15 is 0 Å². The zero-order chi connectivity index (χ0) is 42.7. The molecule has 0 N–H and O–H groups in total. The highest BCUT2D eigenvalue weighted by Crippen LogP contribution is 2.37. The van der Waals surface area contributed by atoms with E-state index in [1.54, 1.807) is 4.57 Å². The Morgan fingerprint density at radius 2 is 0.860 bits per heavy atom. The van der Waals surface area contributed by atoms with E-state index in [-0.39, 0.29) is 58.1 Å². The molecule has 0 aliphatic carbocycles. The zero-order valence-electron chi connectivity index (χ0n) is 36.1. The van der Waals surface area contributed by atoms with Crippen LogP contribution in [0.5, 0.6) is 0 Å². The summed E-state index contributed by atoms with van der Waals surface area (Å²) in [5, 5.41) is 4.68. The van der Waals surface area contributed by atoms with Gasteiger partial charge in [-0.1, -0.05) is 121 Å². The molecule has 0 spiro atoms. The number of benzene rings is 8. The SMILES string of the molecule is [2H]c1cc([2H])c2c(c1[2H])c1c([2H])c([2H])cc([2H])c1n2-c1cccc(-c2nc(-c3cccc(-n4c5ccccc5c5ccccc54)c3)nc(-c3ccc4c(c3)oc3ccccc34)n2)c1. The Balaban J connectivity index is 1.08. The van der Waals surface area contributed by atoms with Gasteiger partial charge in [-0.05, 0) is 66.7 Å². The number of para-hydroxylation sites is 5. The molecule has 8 aromatic carbocycles. The van der Waals surface area contributed by atoms with Gasteiger partial charge in [0.25, 0.3) is 0 Å². The smallest absolute Gasteiger partial charge is 0.164 e. The van der Waals surface area contributed by atoms with E-state index in [0.717, 1.165) is 55.0 Å². The van der Waals surface area contributed by atoms with E-state index in [0.29, 0.717) is 34.3 Å². The molecule has 266 valence electrons. The Morgan fingerprint density at radius 3 is 1.46 bits per heavy atom. The molecule has 0 fully saturated rings. The van der Waals surface area contributed by atoms with Crippen molar-refractivity contribution < 1.29 is 12.6 Å². The molecule has 0 amide bonds. The Hall–Kier alpha value is -7.83. The van der Waals surface area contributed by atoms with Crippen LogP contribution in [0.2, 0.25) is 0 Å².